The largest absolute Gasteiger partial charge is 0.491 e. The first kappa shape index (κ1) is 21.7. The van der Waals surface area contributed by atoms with Crippen LogP contribution in [0.5, 0.6) is 5.75 Å². The number of fused-ring (bicyclic) bond motifs is 3. The smallest absolute Gasteiger partial charge is 0.262 e. The van der Waals surface area contributed by atoms with Gasteiger partial charge < -0.3 is 9.84 Å². The van der Waals surface area contributed by atoms with Crippen molar-refractivity contribution in [1.29, 1.82) is 0 Å². The van der Waals surface area contributed by atoms with Crippen LogP contribution < -0.4 is 10.3 Å². The third-order valence-corrected chi connectivity index (χ3v) is 7.09. The van der Waals surface area contributed by atoms with E-state index in [1.807, 2.05) is 6.92 Å². The Kier molecular flexibility index (Phi) is 6.25. The predicted octanol–water partition coefficient (Wildman–Crippen LogP) is 3.92. The van der Waals surface area contributed by atoms with Crippen LogP contribution in [0.3, 0.4) is 0 Å². The molecule has 6 nitrogen and oxygen atoms in total. The van der Waals surface area contributed by atoms with E-state index in [4.69, 9.17) is 4.74 Å². The average molecular weight is 441 g/mol. The van der Waals surface area contributed by atoms with Crippen molar-refractivity contribution in [2.75, 3.05) is 6.61 Å². The Hall–Kier alpha value is -2.51. The third-order valence-electron chi connectivity index (χ3n) is 5.94. The fourth-order valence-electron chi connectivity index (χ4n) is 4.14. The van der Waals surface area contributed by atoms with E-state index in [0.29, 0.717) is 29.5 Å². The van der Waals surface area contributed by atoms with Gasteiger partial charge in [0.2, 0.25) is 0 Å². The molecule has 0 aliphatic heterocycles. The molecule has 7 heteroatoms. The van der Waals surface area contributed by atoms with Crippen LogP contribution in [0.25, 0.3) is 10.2 Å². The molecule has 0 radical (unpaired) electrons. The van der Waals surface area contributed by atoms with Crippen LogP contribution in [0.4, 0.5) is 0 Å². The van der Waals surface area contributed by atoms with Crippen molar-refractivity contribution in [3.8, 4) is 5.75 Å². The molecule has 1 aromatic carbocycles. The molecule has 4 rings (SSSR count). The van der Waals surface area contributed by atoms with Crippen LogP contribution in [0.15, 0.2) is 29.1 Å². The molecule has 1 aliphatic rings. The monoisotopic (exact) mass is 440 g/mol. The van der Waals surface area contributed by atoms with Gasteiger partial charge in [0.1, 0.15) is 29.1 Å². The molecule has 2 aromatic heterocycles. The van der Waals surface area contributed by atoms with Gasteiger partial charge >= 0.3 is 0 Å². The number of carbonyl (C=O) groups is 1. The van der Waals surface area contributed by atoms with E-state index in [0.717, 1.165) is 35.0 Å². The van der Waals surface area contributed by atoms with Crippen LogP contribution >= 0.6 is 11.3 Å². The normalized spacial score (nSPS) is 16.8. The van der Waals surface area contributed by atoms with Crippen LogP contribution in [-0.2, 0) is 19.4 Å². The summed E-state index contributed by atoms with van der Waals surface area (Å²) in [6.45, 7) is 6.05. The van der Waals surface area contributed by atoms with Crippen LogP contribution in [0.2, 0.25) is 0 Å². The zero-order valence-electron chi connectivity index (χ0n) is 18.2. The Morgan fingerprint density at radius 1 is 1.35 bits per heavy atom. The maximum atomic E-state index is 13.2. The molecule has 2 heterocycles. The molecule has 1 aliphatic carbocycles. The summed E-state index contributed by atoms with van der Waals surface area (Å²) in [6.07, 6.45) is 2.61. The number of hydrogen-bond donors (Lipinski definition) is 1. The lowest BCUT2D eigenvalue weighted by Gasteiger charge is -2.18. The van der Waals surface area contributed by atoms with Gasteiger partial charge in [0.15, 0.2) is 5.78 Å². The van der Waals surface area contributed by atoms with Crippen molar-refractivity contribution < 1.29 is 14.6 Å². The van der Waals surface area contributed by atoms with Gasteiger partial charge in [-0.15, -0.1) is 11.3 Å². The number of benzene rings is 1. The molecule has 2 atom stereocenters. The SMILES string of the molecule is CCC(=O)c1ccc(OC[C@H](O)Cn2c(C)nc3sc4c(c3c2=O)CC[C@H](C)C4)cc1. The van der Waals surface area contributed by atoms with Gasteiger partial charge in [-0.2, -0.15) is 0 Å². The second-order valence-corrected chi connectivity index (χ2v) is 9.46. The van der Waals surface area contributed by atoms with E-state index in [1.165, 1.54) is 4.88 Å². The molecule has 0 spiro atoms. The topological polar surface area (TPSA) is 81.4 Å². The maximum Gasteiger partial charge on any atom is 0.262 e. The Balaban J connectivity index is 1.49. The molecule has 0 fully saturated rings. The number of nitrogens with zero attached hydrogens (tertiary/aromatic N) is 2. The Morgan fingerprint density at radius 3 is 2.81 bits per heavy atom. The lowest BCUT2D eigenvalue weighted by Crippen LogP contribution is -2.32. The Bertz CT molecular complexity index is 1160. The van der Waals surface area contributed by atoms with Crippen LogP contribution in [0, 0.1) is 12.8 Å². The minimum absolute atomic E-state index is 0.0459. The van der Waals surface area contributed by atoms with E-state index in [1.54, 1.807) is 47.1 Å². The number of carbonyl (C=O) groups excluding carboxylic acids is 1. The predicted molar refractivity (Wildman–Crippen MR) is 122 cm³/mol. The number of thiophene rings is 1. The Morgan fingerprint density at radius 2 is 2.10 bits per heavy atom. The second-order valence-electron chi connectivity index (χ2n) is 8.37. The van der Waals surface area contributed by atoms with E-state index >= 15 is 0 Å². The highest BCUT2D eigenvalue weighted by molar-refractivity contribution is 7.18. The van der Waals surface area contributed by atoms with Gasteiger partial charge in [-0.05, 0) is 61.9 Å². The summed E-state index contributed by atoms with van der Waals surface area (Å²) in [4.78, 5) is 31.7. The molecule has 164 valence electrons. The van der Waals surface area contributed by atoms with Crippen molar-refractivity contribution in [3.63, 3.8) is 0 Å². The number of Topliss-reactive ketones (excluding diaryl/α,β-unsaturated/α-hetero) is 1. The molecule has 0 unspecified atom stereocenters. The first-order valence-electron chi connectivity index (χ1n) is 10.8. The van der Waals surface area contributed by atoms with Gasteiger partial charge in [-0.25, -0.2) is 4.98 Å². The van der Waals surface area contributed by atoms with Gasteiger partial charge in [0.25, 0.3) is 5.56 Å². The molecule has 31 heavy (non-hydrogen) atoms. The van der Waals surface area contributed by atoms with Gasteiger partial charge in [-0.1, -0.05) is 13.8 Å². The summed E-state index contributed by atoms with van der Waals surface area (Å²) >= 11 is 1.64. The first-order valence-corrected chi connectivity index (χ1v) is 11.6. The quantitative estimate of drug-likeness (QED) is 0.563. The van der Waals surface area contributed by atoms with E-state index in [-0.39, 0.29) is 24.5 Å². The zero-order valence-corrected chi connectivity index (χ0v) is 19.0. The van der Waals surface area contributed by atoms with Gasteiger partial charge in [0, 0.05) is 16.9 Å². The number of rotatable bonds is 7. The minimum Gasteiger partial charge on any atom is -0.491 e. The number of aliphatic hydroxyl groups is 1. The number of aryl methyl sites for hydroxylation is 2. The Labute approximate surface area is 185 Å². The highest BCUT2D eigenvalue weighted by Gasteiger charge is 2.24. The second kappa shape index (κ2) is 8.93. The van der Waals surface area contributed by atoms with Crippen LogP contribution in [0.1, 0.15) is 53.3 Å². The molecule has 3 aromatic rings. The standard InChI is InChI=1S/C24H28N2O4S/c1-4-20(28)16-6-8-18(9-7-16)30-13-17(27)12-26-15(3)25-23-22(24(26)29)19-10-5-14(2)11-21(19)31-23/h6-9,14,17,27H,4-5,10-13H2,1-3H3/t14-,17+/m0/s1. The summed E-state index contributed by atoms with van der Waals surface area (Å²) < 4.78 is 7.23. The number of ether oxygens (including phenoxy) is 1. The van der Waals surface area contributed by atoms with Gasteiger partial charge in [-0.3, -0.25) is 14.2 Å². The third kappa shape index (κ3) is 4.43. The summed E-state index contributed by atoms with van der Waals surface area (Å²) in [7, 11) is 0. The first-order chi connectivity index (χ1) is 14.9. The average Bonchev–Trinajstić information content (AvgIpc) is 3.12. The van der Waals surface area contributed by atoms with Crippen molar-refractivity contribution in [2.24, 2.45) is 5.92 Å². The molecular formula is C24H28N2O4S. The molecular weight excluding hydrogens is 412 g/mol. The summed E-state index contributed by atoms with van der Waals surface area (Å²) in [6, 6.07) is 6.89. The molecule has 0 bridgehead atoms. The fourth-order valence-corrected chi connectivity index (χ4v) is 5.56. The number of hydrogen-bond acceptors (Lipinski definition) is 6. The number of aliphatic hydroxyl groups excluding tert-OH is 1. The van der Waals surface area contributed by atoms with Gasteiger partial charge in [0.05, 0.1) is 11.9 Å². The van der Waals surface area contributed by atoms with E-state index in [9.17, 15) is 14.7 Å². The molecule has 0 saturated carbocycles. The fraction of sp³-hybridized carbons (Fsp3) is 0.458. The zero-order chi connectivity index (χ0) is 22.1. The van der Waals surface area contributed by atoms with E-state index in [2.05, 4.69) is 11.9 Å². The molecule has 1 N–H and O–H groups in total. The summed E-state index contributed by atoms with van der Waals surface area (Å²) in [5.41, 5.74) is 1.72. The molecule has 0 amide bonds. The van der Waals surface area contributed by atoms with Crippen molar-refractivity contribution in [3.05, 3.63) is 56.4 Å². The van der Waals surface area contributed by atoms with Crippen molar-refractivity contribution in [1.82, 2.24) is 9.55 Å². The van der Waals surface area contributed by atoms with E-state index < -0.39 is 6.10 Å². The van der Waals surface area contributed by atoms with Crippen LogP contribution in [-0.4, -0.2) is 33.2 Å². The number of aromatic nitrogens is 2. The minimum atomic E-state index is -0.859. The summed E-state index contributed by atoms with van der Waals surface area (Å²) in [5, 5.41) is 11.2. The lowest BCUT2D eigenvalue weighted by atomic mass is 9.89. The summed E-state index contributed by atoms with van der Waals surface area (Å²) in [5.74, 6) is 1.89. The van der Waals surface area contributed by atoms with Crippen molar-refractivity contribution >= 4 is 27.3 Å². The number of ketones is 1. The maximum absolute atomic E-state index is 13.2. The van der Waals surface area contributed by atoms with Crippen molar-refractivity contribution in [2.45, 2.75) is 59.1 Å². The highest BCUT2D eigenvalue weighted by atomic mass is 32.1. The molecule has 0 saturated heterocycles. The lowest BCUT2D eigenvalue weighted by molar-refractivity contribution is 0.0907. The highest BCUT2D eigenvalue weighted by Crippen LogP contribution is 2.35.